The van der Waals surface area contributed by atoms with Crippen molar-refractivity contribution in [3.05, 3.63) is 55.7 Å². The number of carbonyl (C=O) groups is 1. The number of ether oxygens (including phenoxy) is 1. The normalized spacial score (nSPS) is 23.6. The molecule has 3 N–H and O–H groups in total. The topological polar surface area (TPSA) is 87.0 Å². The summed E-state index contributed by atoms with van der Waals surface area (Å²) >= 11 is 20.2. The fourth-order valence-corrected chi connectivity index (χ4v) is 6.46. The Hall–Kier alpha value is -0.860. The minimum Gasteiger partial charge on any atom is -0.459 e. The molecule has 1 aliphatic rings. The van der Waals surface area contributed by atoms with Crippen molar-refractivity contribution in [1.29, 1.82) is 0 Å². The van der Waals surface area contributed by atoms with Gasteiger partial charge in [-0.15, -0.1) is 22.9 Å². The molecule has 5 nitrogen and oxygen atoms in total. The van der Waals surface area contributed by atoms with Crippen LogP contribution in [0.5, 0.6) is 0 Å². The van der Waals surface area contributed by atoms with E-state index in [0.29, 0.717) is 21.3 Å². The Morgan fingerprint density at radius 2 is 1.85 bits per heavy atom. The minimum atomic E-state index is -1.07. The van der Waals surface area contributed by atoms with Gasteiger partial charge in [0.1, 0.15) is 17.6 Å². The molecule has 1 aromatic carbocycles. The van der Waals surface area contributed by atoms with E-state index >= 15 is 0 Å². The second-order valence-corrected chi connectivity index (χ2v) is 11.2. The number of thiophene rings is 1. The largest absolute Gasteiger partial charge is 0.459 e. The minimum absolute atomic E-state index is 0.0558. The van der Waals surface area contributed by atoms with Crippen LogP contribution in [-0.2, 0) is 17.6 Å². The van der Waals surface area contributed by atoms with Gasteiger partial charge in [0.05, 0.1) is 12.7 Å². The number of alkyl halides is 1. The number of rotatable bonds is 11. The van der Waals surface area contributed by atoms with E-state index in [9.17, 15) is 15.0 Å². The van der Waals surface area contributed by atoms with Crippen LogP contribution in [0.2, 0.25) is 10.0 Å². The molecule has 0 saturated heterocycles. The number of hydrogen-bond donors (Lipinski definition) is 3. The van der Waals surface area contributed by atoms with E-state index in [4.69, 9.17) is 44.6 Å². The number of aryl methyl sites for hydroxylation is 2. The van der Waals surface area contributed by atoms with Gasteiger partial charge in [-0.3, -0.25) is 0 Å². The van der Waals surface area contributed by atoms with Crippen molar-refractivity contribution >= 4 is 52.1 Å². The number of aliphatic hydroxyl groups is 3. The third-order valence-electron chi connectivity index (χ3n) is 6.11. The summed E-state index contributed by atoms with van der Waals surface area (Å²) in [5, 5.41) is 29.9. The number of hydrogen-bond acceptors (Lipinski definition) is 6. The van der Waals surface area contributed by atoms with Gasteiger partial charge in [0.25, 0.3) is 0 Å². The Kier molecular flexibility index (Phi) is 10.3. The monoisotopic (exact) mass is 534 g/mol. The van der Waals surface area contributed by atoms with Crippen LogP contribution in [0.15, 0.2) is 30.3 Å². The quantitative estimate of drug-likeness (QED) is 0.274. The average molecular weight is 536 g/mol. The summed E-state index contributed by atoms with van der Waals surface area (Å²) in [6, 6.07) is 9.16. The lowest BCUT2D eigenvalue weighted by molar-refractivity contribution is 0.00971. The van der Waals surface area contributed by atoms with Crippen LogP contribution in [-0.4, -0.2) is 52.1 Å². The zero-order chi connectivity index (χ0) is 24.0. The maximum Gasteiger partial charge on any atom is 0.348 e. The van der Waals surface area contributed by atoms with Crippen molar-refractivity contribution in [2.24, 2.45) is 11.8 Å². The maximum absolute atomic E-state index is 12.0. The number of halogens is 3. The first-order chi connectivity index (χ1) is 15.8. The first-order valence-corrected chi connectivity index (χ1v) is 13.1. The van der Waals surface area contributed by atoms with E-state index in [1.807, 2.05) is 18.2 Å². The fourth-order valence-electron chi connectivity index (χ4n) is 4.45. The number of carbonyl (C=O) groups excluding carboxylic acids is 1. The molecule has 182 valence electrons. The summed E-state index contributed by atoms with van der Waals surface area (Å²) in [6.45, 7) is -0.680. The first-order valence-electron chi connectivity index (χ1n) is 11.1. The molecule has 5 atom stereocenters. The van der Waals surface area contributed by atoms with Crippen molar-refractivity contribution in [2.45, 2.75) is 56.1 Å². The molecule has 0 aliphatic heterocycles. The van der Waals surface area contributed by atoms with Gasteiger partial charge in [-0.2, -0.15) is 0 Å². The van der Waals surface area contributed by atoms with Gasteiger partial charge >= 0.3 is 5.97 Å². The summed E-state index contributed by atoms with van der Waals surface area (Å²) < 4.78 is 5.00. The summed E-state index contributed by atoms with van der Waals surface area (Å²) in [6.07, 6.45) is 3.33. The number of benzene rings is 1. The molecule has 1 saturated carbocycles. The van der Waals surface area contributed by atoms with Crippen LogP contribution in [0.1, 0.15) is 45.8 Å². The highest BCUT2D eigenvalue weighted by Gasteiger charge is 2.40. The molecule has 2 aromatic rings. The van der Waals surface area contributed by atoms with Crippen molar-refractivity contribution in [2.75, 3.05) is 13.2 Å². The predicted molar refractivity (Wildman–Crippen MR) is 133 cm³/mol. The van der Waals surface area contributed by atoms with E-state index in [0.717, 1.165) is 42.5 Å². The molecule has 1 aliphatic carbocycles. The summed E-state index contributed by atoms with van der Waals surface area (Å²) in [4.78, 5) is 13.6. The van der Waals surface area contributed by atoms with Gasteiger partial charge in [-0.05, 0) is 86.3 Å². The highest BCUT2D eigenvalue weighted by molar-refractivity contribution is 7.13. The molecule has 0 bridgehead atoms. The van der Waals surface area contributed by atoms with E-state index in [-0.39, 0.29) is 23.8 Å². The second kappa shape index (κ2) is 12.7. The lowest BCUT2D eigenvalue weighted by atomic mass is 9.85. The lowest BCUT2D eigenvalue weighted by Gasteiger charge is -2.23. The SMILES string of the molecule is O=C(OC[C@H](O)CO)c1ccc(CCC[C@@H]2[C@@H](CCc3cc(Cl)cc(Cl)c3)[C@H](O)C[C@H]2Cl)s1. The molecule has 1 fully saturated rings. The molecule has 0 amide bonds. The van der Waals surface area contributed by atoms with E-state index in [1.54, 1.807) is 12.1 Å². The average Bonchev–Trinajstić information content (AvgIpc) is 3.34. The predicted octanol–water partition coefficient (Wildman–Crippen LogP) is 5.12. The third-order valence-corrected chi connectivity index (χ3v) is 8.17. The Bertz CT molecular complexity index is 901. The van der Waals surface area contributed by atoms with E-state index < -0.39 is 24.8 Å². The van der Waals surface area contributed by atoms with E-state index in [2.05, 4.69) is 0 Å². The van der Waals surface area contributed by atoms with E-state index in [1.165, 1.54) is 11.3 Å². The Morgan fingerprint density at radius 3 is 2.55 bits per heavy atom. The van der Waals surface area contributed by atoms with Gasteiger partial charge in [-0.1, -0.05) is 23.2 Å². The van der Waals surface area contributed by atoms with Crippen LogP contribution in [0.4, 0.5) is 0 Å². The van der Waals surface area contributed by atoms with Crippen LogP contribution >= 0.6 is 46.1 Å². The van der Waals surface area contributed by atoms with Crippen molar-refractivity contribution < 1.29 is 24.9 Å². The lowest BCUT2D eigenvalue weighted by Crippen LogP contribution is -2.21. The Labute approximate surface area is 213 Å². The summed E-state index contributed by atoms with van der Waals surface area (Å²) in [7, 11) is 0. The molecule has 1 heterocycles. The van der Waals surface area contributed by atoms with Crippen LogP contribution < -0.4 is 0 Å². The standard InChI is InChI=1S/C24H29Cl3O5S/c25-15-8-14(9-16(26)10-15)4-6-20-19(21(27)11-22(20)30)3-1-2-18-5-7-23(33-18)24(31)32-13-17(29)12-28/h5,7-10,17,19-22,28-30H,1-4,6,11-13H2/t17-,19-,20-,21-,22-/m1/s1. The van der Waals surface area contributed by atoms with Gasteiger partial charge in [0, 0.05) is 20.3 Å². The number of aliphatic hydroxyl groups excluding tert-OH is 3. The molecular weight excluding hydrogens is 507 g/mol. The highest BCUT2D eigenvalue weighted by Crippen LogP contribution is 2.42. The van der Waals surface area contributed by atoms with Crippen LogP contribution in [0.25, 0.3) is 0 Å². The fraction of sp³-hybridized carbons (Fsp3) is 0.542. The maximum atomic E-state index is 12.0. The molecule has 0 unspecified atom stereocenters. The van der Waals surface area contributed by atoms with Gasteiger partial charge in [0.15, 0.2) is 0 Å². The zero-order valence-corrected chi connectivity index (χ0v) is 21.2. The molecule has 33 heavy (non-hydrogen) atoms. The molecule has 1 aromatic heterocycles. The van der Waals surface area contributed by atoms with Crippen LogP contribution in [0.3, 0.4) is 0 Å². The molecule has 0 spiro atoms. The van der Waals surface area contributed by atoms with Gasteiger partial charge in [0.2, 0.25) is 0 Å². The Morgan fingerprint density at radius 1 is 1.12 bits per heavy atom. The zero-order valence-electron chi connectivity index (χ0n) is 18.1. The molecule has 3 rings (SSSR count). The smallest absolute Gasteiger partial charge is 0.348 e. The molecule has 9 heteroatoms. The Balaban J connectivity index is 1.50. The van der Waals surface area contributed by atoms with Crippen molar-refractivity contribution in [1.82, 2.24) is 0 Å². The van der Waals surface area contributed by atoms with Crippen molar-refractivity contribution in [3.63, 3.8) is 0 Å². The van der Waals surface area contributed by atoms with Gasteiger partial charge in [-0.25, -0.2) is 4.79 Å². The van der Waals surface area contributed by atoms with Gasteiger partial charge < -0.3 is 20.1 Å². The second-order valence-electron chi connectivity index (χ2n) is 8.56. The molecular formula is C24H29Cl3O5S. The molecule has 0 radical (unpaired) electrons. The summed E-state index contributed by atoms with van der Waals surface area (Å²) in [5.41, 5.74) is 1.06. The highest BCUT2D eigenvalue weighted by atomic mass is 35.5. The summed E-state index contributed by atoms with van der Waals surface area (Å²) in [5.74, 6) is -0.155. The van der Waals surface area contributed by atoms with Crippen molar-refractivity contribution in [3.8, 4) is 0 Å². The number of esters is 1. The van der Waals surface area contributed by atoms with Crippen LogP contribution in [0, 0.1) is 11.8 Å². The first kappa shape index (κ1) is 26.7. The third kappa shape index (κ3) is 7.82.